The number of benzene rings is 1. The maximum absolute atomic E-state index is 14.3. The van der Waals surface area contributed by atoms with Crippen LogP contribution in [0.5, 0.6) is 0 Å². The highest BCUT2D eigenvalue weighted by molar-refractivity contribution is 7.91. The lowest BCUT2D eigenvalue weighted by Gasteiger charge is -2.31. The molecule has 4 N–H and O–H groups in total. The summed E-state index contributed by atoms with van der Waals surface area (Å²) in [5, 5.41) is 28.7. The number of nitrogens with zero attached hydrogens (tertiary/aromatic N) is 4. The number of anilines is 2. The molecule has 14 heteroatoms. The summed E-state index contributed by atoms with van der Waals surface area (Å²) < 4.78 is 54.8. The predicted octanol–water partition coefficient (Wildman–Crippen LogP) is 4.92. The Labute approximate surface area is 257 Å². The second kappa shape index (κ2) is 11.5. The number of pyridine rings is 1. The van der Waals surface area contributed by atoms with Crippen molar-refractivity contribution >= 4 is 43.2 Å². The first-order valence-electron chi connectivity index (χ1n) is 14.6. The van der Waals surface area contributed by atoms with Crippen LogP contribution in [0.2, 0.25) is 0 Å². The smallest absolute Gasteiger partial charge is 0.225 e. The maximum Gasteiger partial charge on any atom is 0.225 e. The van der Waals surface area contributed by atoms with E-state index in [4.69, 9.17) is 4.98 Å². The van der Waals surface area contributed by atoms with Crippen molar-refractivity contribution in [3.63, 3.8) is 0 Å². The fraction of sp³-hybridized carbons (Fsp3) is 0.467. The Balaban J connectivity index is 1.38. The van der Waals surface area contributed by atoms with Crippen LogP contribution in [-0.2, 0) is 16.4 Å². The number of hydrogen-bond donors (Lipinski definition) is 4. The molecule has 3 unspecified atom stereocenters. The molecule has 3 atom stereocenters. The quantitative estimate of drug-likeness (QED) is 0.175. The molecule has 3 aromatic heterocycles. The summed E-state index contributed by atoms with van der Waals surface area (Å²) in [5.41, 5.74) is 0.582. The number of aryl methyl sites for hydroxylation is 1. The third-order valence-electron chi connectivity index (χ3n) is 8.42. The van der Waals surface area contributed by atoms with Crippen LogP contribution >= 0.6 is 11.3 Å². The van der Waals surface area contributed by atoms with Crippen molar-refractivity contribution in [2.75, 3.05) is 16.4 Å². The van der Waals surface area contributed by atoms with E-state index in [1.54, 1.807) is 27.0 Å². The number of hydrogen-bond acceptors (Lipinski definition) is 11. The summed E-state index contributed by atoms with van der Waals surface area (Å²) in [6.45, 7) is 4.66. The van der Waals surface area contributed by atoms with Crippen molar-refractivity contribution in [2.24, 2.45) is 5.92 Å². The molecule has 0 bridgehead atoms. The molecule has 2 aliphatic carbocycles. The molecule has 10 nitrogen and oxygen atoms in total. The van der Waals surface area contributed by atoms with Gasteiger partial charge in [-0.25, -0.2) is 27.2 Å². The van der Waals surface area contributed by atoms with Gasteiger partial charge in [-0.15, -0.1) is 11.3 Å². The minimum absolute atomic E-state index is 0.0351. The van der Waals surface area contributed by atoms with E-state index < -0.39 is 44.5 Å². The third kappa shape index (κ3) is 5.87. The highest BCUT2D eigenvalue weighted by atomic mass is 32.2. The molecule has 0 radical (unpaired) electrons. The van der Waals surface area contributed by atoms with E-state index in [1.807, 2.05) is 6.07 Å². The van der Waals surface area contributed by atoms with Crippen LogP contribution in [0.15, 0.2) is 30.5 Å². The molecule has 3 heterocycles. The lowest BCUT2D eigenvalue weighted by Crippen LogP contribution is -2.48. The van der Waals surface area contributed by atoms with Crippen molar-refractivity contribution in [1.82, 2.24) is 19.9 Å². The van der Waals surface area contributed by atoms with Crippen molar-refractivity contribution in [2.45, 2.75) is 76.0 Å². The lowest BCUT2D eigenvalue weighted by atomic mass is 10.0. The average Bonchev–Trinajstić information content (AvgIpc) is 3.66. The number of rotatable bonds is 10. The minimum Gasteiger partial charge on any atom is -0.388 e. The fourth-order valence-corrected chi connectivity index (χ4v) is 8.01. The van der Waals surface area contributed by atoms with E-state index in [2.05, 4.69) is 25.6 Å². The van der Waals surface area contributed by atoms with Gasteiger partial charge in [-0.1, -0.05) is 6.07 Å². The van der Waals surface area contributed by atoms with E-state index in [1.165, 1.54) is 17.4 Å². The monoisotopic (exact) mass is 644 g/mol. The molecular formula is C30H34F2N6O4S2. The van der Waals surface area contributed by atoms with Gasteiger partial charge in [0, 0.05) is 30.1 Å². The molecular weight excluding hydrogens is 610 g/mol. The van der Waals surface area contributed by atoms with Crippen LogP contribution in [0, 0.1) is 24.5 Å². The summed E-state index contributed by atoms with van der Waals surface area (Å²) >= 11 is 1.41. The van der Waals surface area contributed by atoms with Crippen LogP contribution in [0.25, 0.3) is 20.8 Å². The lowest BCUT2D eigenvalue weighted by molar-refractivity contribution is -0.0442. The molecule has 0 saturated heterocycles. The zero-order valence-corrected chi connectivity index (χ0v) is 26.1. The molecule has 6 rings (SSSR count). The average molecular weight is 645 g/mol. The minimum atomic E-state index is -3.47. The topological polar surface area (TPSA) is 150 Å². The first kappa shape index (κ1) is 30.7. The van der Waals surface area contributed by atoms with Gasteiger partial charge in [-0.2, -0.15) is 4.98 Å². The summed E-state index contributed by atoms with van der Waals surface area (Å²) in [6, 6.07) is 5.49. The molecule has 2 fully saturated rings. The van der Waals surface area contributed by atoms with Gasteiger partial charge in [0.2, 0.25) is 5.95 Å². The van der Waals surface area contributed by atoms with Crippen molar-refractivity contribution in [3.05, 3.63) is 59.0 Å². The van der Waals surface area contributed by atoms with Gasteiger partial charge in [-0.3, -0.25) is 4.98 Å². The zero-order valence-electron chi connectivity index (χ0n) is 24.5. The number of aromatic nitrogens is 4. The van der Waals surface area contributed by atoms with Gasteiger partial charge in [0.25, 0.3) is 0 Å². The largest absolute Gasteiger partial charge is 0.388 e. The molecule has 1 aromatic carbocycles. The van der Waals surface area contributed by atoms with Crippen molar-refractivity contribution in [3.8, 4) is 10.6 Å². The molecule has 2 saturated carbocycles. The SMILES string of the molecule is Cc1nc(NCc2c(F)cccc2F)nc(NC2(O)CCC(CS(=O)(=O)C(C)C)C2O)c1-c1nc2c(C3CC3)nccc2s1. The van der Waals surface area contributed by atoms with Crippen LogP contribution < -0.4 is 10.6 Å². The van der Waals surface area contributed by atoms with Crippen LogP contribution in [-0.4, -0.2) is 61.4 Å². The third-order valence-corrected chi connectivity index (χ3v) is 11.8. The Kier molecular flexibility index (Phi) is 8.05. The van der Waals surface area contributed by atoms with E-state index in [-0.39, 0.29) is 42.5 Å². The molecule has 4 aromatic rings. The van der Waals surface area contributed by atoms with E-state index >= 15 is 0 Å². The standard InChI is InChI=1S/C30H34F2N6O4S2/c1-15(2)44(41,42)14-18-9-11-30(40,26(18)39)38-27-23(28-36-25-22(43-28)10-12-33-24(25)17-7-8-17)16(3)35-29(37-27)34-13-19-20(31)5-4-6-21(19)32/h4-6,10,12,15,17-18,26,39-40H,7-9,11,13-14H2,1-3H3,(H2,34,35,37,38). The molecule has 2 aliphatic rings. The Bertz CT molecular complexity index is 1810. The highest BCUT2D eigenvalue weighted by Crippen LogP contribution is 2.45. The van der Waals surface area contributed by atoms with Crippen molar-refractivity contribution < 1.29 is 27.4 Å². The van der Waals surface area contributed by atoms with Gasteiger partial charge < -0.3 is 20.8 Å². The summed E-state index contributed by atoms with van der Waals surface area (Å²) in [6.07, 6.45) is 2.78. The number of halogens is 2. The summed E-state index contributed by atoms with van der Waals surface area (Å²) in [7, 11) is -3.47. The van der Waals surface area contributed by atoms with Gasteiger partial charge in [0.05, 0.1) is 32.7 Å². The zero-order chi connectivity index (χ0) is 31.4. The second-order valence-corrected chi connectivity index (χ2v) is 15.5. The Morgan fingerprint density at radius 1 is 1.11 bits per heavy atom. The predicted molar refractivity (Wildman–Crippen MR) is 165 cm³/mol. The molecule has 0 amide bonds. The van der Waals surface area contributed by atoms with E-state index in [0.717, 1.165) is 40.9 Å². The highest BCUT2D eigenvalue weighted by Gasteiger charge is 2.49. The van der Waals surface area contributed by atoms with Gasteiger partial charge in [0.1, 0.15) is 34.1 Å². The van der Waals surface area contributed by atoms with Crippen LogP contribution in [0.3, 0.4) is 0 Å². The van der Waals surface area contributed by atoms with E-state index in [9.17, 15) is 27.4 Å². The Morgan fingerprint density at radius 3 is 2.52 bits per heavy atom. The molecule has 44 heavy (non-hydrogen) atoms. The first-order valence-corrected chi connectivity index (χ1v) is 17.1. The number of fused-ring (bicyclic) bond motifs is 1. The van der Waals surface area contributed by atoms with Crippen LogP contribution in [0.1, 0.15) is 62.4 Å². The van der Waals surface area contributed by atoms with Crippen molar-refractivity contribution in [1.29, 1.82) is 0 Å². The number of aliphatic hydroxyl groups excluding tert-OH is 1. The van der Waals surface area contributed by atoms with Gasteiger partial charge in [-0.05, 0) is 64.7 Å². The molecule has 0 aliphatic heterocycles. The maximum atomic E-state index is 14.3. The van der Waals surface area contributed by atoms with Gasteiger partial charge >= 0.3 is 0 Å². The molecule has 234 valence electrons. The number of sulfone groups is 1. The fourth-order valence-electron chi connectivity index (χ4n) is 5.61. The summed E-state index contributed by atoms with van der Waals surface area (Å²) in [5.74, 6) is -1.85. The Hall–Kier alpha value is -3.33. The Morgan fingerprint density at radius 2 is 1.84 bits per heavy atom. The number of thiazole rings is 1. The first-order chi connectivity index (χ1) is 20.9. The second-order valence-electron chi connectivity index (χ2n) is 11.9. The number of nitrogens with one attached hydrogen (secondary N) is 2. The number of aliphatic hydroxyl groups is 2. The van der Waals surface area contributed by atoms with Gasteiger partial charge in [0.15, 0.2) is 15.6 Å². The van der Waals surface area contributed by atoms with Crippen LogP contribution in [0.4, 0.5) is 20.5 Å². The normalized spacial score (nSPS) is 22.2. The van der Waals surface area contributed by atoms with E-state index in [0.29, 0.717) is 22.2 Å². The summed E-state index contributed by atoms with van der Waals surface area (Å²) in [4.78, 5) is 18.6. The molecule has 0 spiro atoms.